The van der Waals surface area contributed by atoms with Crippen molar-refractivity contribution in [2.45, 2.75) is 0 Å². The lowest BCUT2D eigenvalue weighted by atomic mass is 9.92. The topological polar surface area (TPSA) is 30.7 Å². The number of para-hydroxylation sites is 1. The lowest BCUT2D eigenvalue weighted by Crippen LogP contribution is -2.03. The Hall–Kier alpha value is -6.66. The highest BCUT2D eigenvalue weighted by Gasteiger charge is 2.23. The number of hydrogen-bond donors (Lipinski definition) is 0. The first-order valence-electron chi connectivity index (χ1n) is 18.6. The van der Waals surface area contributed by atoms with Crippen LogP contribution in [0, 0.1) is 0 Å². The Kier molecular flexibility index (Phi) is 5.93. The standard InChI is InChI=1S/C50H27N3S2/c1-2-13-31-29(11-1)30-12-3-4-14-32(30)39-27-28(21-22-33(31)39)47-38-17-5-8-18-40(38)51-50(52-47)53-41-25-23-36-34-15-6-9-19-43(34)54-48(36)45(41)46-42(53)26-24-37-35-16-7-10-20-44(35)55-49(37)46/h1-27H. The first-order chi connectivity index (χ1) is 27.3. The summed E-state index contributed by atoms with van der Waals surface area (Å²) >= 11 is 3.77. The first kappa shape index (κ1) is 29.8. The van der Waals surface area contributed by atoms with E-state index in [2.05, 4.69) is 168 Å². The second kappa shape index (κ2) is 11.0. The Morgan fingerprint density at radius 3 is 1.40 bits per heavy atom. The van der Waals surface area contributed by atoms with Gasteiger partial charge in [-0.25, -0.2) is 9.97 Å². The lowest BCUT2D eigenvalue weighted by Gasteiger charge is -2.14. The molecule has 0 unspecified atom stereocenters. The van der Waals surface area contributed by atoms with E-state index in [0.29, 0.717) is 5.95 Å². The van der Waals surface area contributed by atoms with Crippen LogP contribution in [-0.4, -0.2) is 14.5 Å². The predicted molar refractivity (Wildman–Crippen MR) is 238 cm³/mol. The second-order valence-electron chi connectivity index (χ2n) is 14.4. The fourth-order valence-corrected chi connectivity index (χ4v) is 11.7. The molecule has 3 nitrogen and oxygen atoms in total. The van der Waals surface area contributed by atoms with E-state index in [-0.39, 0.29) is 0 Å². The molecule has 0 spiro atoms. The van der Waals surface area contributed by atoms with Gasteiger partial charge in [-0.15, -0.1) is 22.7 Å². The molecular weight excluding hydrogens is 707 g/mol. The zero-order valence-electron chi connectivity index (χ0n) is 29.2. The minimum Gasteiger partial charge on any atom is -0.278 e. The number of benzene rings is 9. The minimum absolute atomic E-state index is 0.679. The van der Waals surface area contributed by atoms with Crippen molar-refractivity contribution in [2.24, 2.45) is 0 Å². The summed E-state index contributed by atoms with van der Waals surface area (Å²) in [7, 11) is 0. The van der Waals surface area contributed by atoms with Crippen molar-refractivity contribution in [1.29, 1.82) is 0 Å². The van der Waals surface area contributed by atoms with Crippen LogP contribution in [0.15, 0.2) is 164 Å². The number of fused-ring (bicyclic) bond motifs is 18. The number of hydrogen-bond acceptors (Lipinski definition) is 4. The fourth-order valence-electron chi connectivity index (χ4n) is 9.20. The Bertz CT molecular complexity index is 3630. The van der Waals surface area contributed by atoms with Crippen molar-refractivity contribution in [3.63, 3.8) is 0 Å². The number of rotatable bonds is 2. The van der Waals surface area contributed by atoms with E-state index < -0.39 is 0 Å². The van der Waals surface area contributed by atoms with E-state index >= 15 is 0 Å². The minimum atomic E-state index is 0.679. The second-order valence-corrected chi connectivity index (χ2v) is 16.5. The average molecular weight is 734 g/mol. The molecule has 13 aromatic rings. The van der Waals surface area contributed by atoms with E-state index in [1.54, 1.807) is 0 Å². The average Bonchev–Trinajstić information content (AvgIpc) is 3.93. The molecule has 0 aliphatic heterocycles. The molecule has 55 heavy (non-hydrogen) atoms. The summed E-state index contributed by atoms with van der Waals surface area (Å²) in [6.45, 7) is 0. The van der Waals surface area contributed by atoms with Crippen LogP contribution in [0.2, 0.25) is 0 Å². The van der Waals surface area contributed by atoms with Gasteiger partial charge in [-0.05, 0) is 68.7 Å². The van der Waals surface area contributed by atoms with Gasteiger partial charge < -0.3 is 0 Å². The molecule has 254 valence electrons. The molecule has 9 aromatic carbocycles. The molecule has 0 saturated carbocycles. The van der Waals surface area contributed by atoms with Crippen LogP contribution in [0.4, 0.5) is 0 Å². The molecule has 0 aliphatic rings. The summed E-state index contributed by atoms with van der Waals surface area (Å²) in [6.07, 6.45) is 0. The molecule has 4 aromatic heterocycles. The summed E-state index contributed by atoms with van der Waals surface area (Å²) in [5, 5.41) is 16.3. The van der Waals surface area contributed by atoms with Gasteiger partial charge in [0.25, 0.3) is 0 Å². The van der Waals surface area contributed by atoms with Gasteiger partial charge in [0.2, 0.25) is 5.95 Å². The molecule has 0 N–H and O–H groups in total. The Balaban J connectivity index is 1.16. The van der Waals surface area contributed by atoms with Crippen molar-refractivity contribution in [2.75, 3.05) is 0 Å². The van der Waals surface area contributed by atoms with Gasteiger partial charge in [0.15, 0.2) is 0 Å². The van der Waals surface area contributed by atoms with Crippen LogP contribution in [-0.2, 0) is 0 Å². The number of nitrogens with zero attached hydrogens (tertiary/aromatic N) is 3. The highest BCUT2D eigenvalue weighted by molar-refractivity contribution is 7.28. The van der Waals surface area contributed by atoms with Gasteiger partial charge in [-0.1, -0.05) is 127 Å². The van der Waals surface area contributed by atoms with E-state index in [4.69, 9.17) is 9.97 Å². The van der Waals surface area contributed by atoms with Crippen molar-refractivity contribution in [3.05, 3.63) is 164 Å². The molecule has 13 rings (SSSR count). The van der Waals surface area contributed by atoms with E-state index in [0.717, 1.165) is 33.2 Å². The van der Waals surface area contributed by atoms with Gasteiger partial charge in [-0.2, -0.15) is 0 Å². The third kappa shape index (κ3) is 4.03. The summed E-state index contributed by atoms with van der Waals surface area (Å²) in [5.74, 6) is 0.679. The molecule has 0 aliphatic carbocycles. The number of thiophene rings is 2. The van der Waals surface area contributed by atoms with Gasteiger partial charge in [0.1, 0.15) is 0 Å². The largest absolute Gasteiger partial charge is 0.278 e. The highest BCUT2D eigenvalue weighted by Crippen LogP contribution is 2.48. The van der Waals surface area contributed by atoms with Gasteiger partial charge in [0.05, 0.1) is 22.2 Å². The monoisotopic (exact) mass is 733 g/mol. The fraction of sp³-hybridized carbons (Fsp3) is 0. The highest BCUT2D eigenvalue weighted by atomic mass is 32.1. The predicted octanol–water partition coefficient (Wildman–Crippen LogP) is 14.6. The molecule has 0 bridgehead atoms. The summed E-state index contributed by atoms with van der Waals surface area (Å²) < 4.78 is 7.53. The van der Waals surface area contributed by atoms with Crippen LogP contribution in [0.25, 0.3) is 123 Å². The molecule has 0 saturated heterocycles. The molecule has 5 heteroatoms. The Labute approximate surface area is 322 Å². The van der Waals surface area contributed by atoms with Gasteiger partial charge in [-0.3, -0.25) is 4.57 Å². The molecule has 0 fully saturated rings. The molecule has 0 atom stereocenters. The maximum absolute atomic E-state index is 5.57. The van der Waals surface area contributed by atoms with Crippen molar-refractivity contribution in [3.8, 4) is 17.2 Å². The van der Waals surface area contributed by atoms with E-state index in [9.17, 15) is 0 Å². The van der Waals surface area contributed by atoms with Crippen LogP contribution in [0.5, 0.6) is 0 Å². The molecular formula is C50H27N3S2. The van der Waals surface area contributed by atoms with Crippen LogP contribution in [0.1, 0.15) is 0 Å². The maximum atomic E-state index is 5.57. The molecule has 4 heterocycles. The summed E-state index contributed by atoms with van der Waals surface area (Å²) in [5.41, 5.74) is 5.17. The third-order valence-corrected chi connectivity index (χ3v) is 14.0. The van der Waals surface area contributed by atoms with Crippen molar-refractivity contribution < 1.29 is 0 Å². The Morgan fingerprint density at radius 1 is 0.364 bits per heavy atom. The van der Waals surface area contributed by atoms with E-state index in [1.165, 1.54) is 83.4 Å². The van der Waals surface area contributed by atoms with Crippen LogP contribution >= 0.6 is 22.7 Å². The maximum Gasteiger partial charge on any atom is 0.235 e. The SMILES string of the molecule is c1ccc2c(-c3ccc4c5ccccc5c5ccccc5c4c3)nc(-n3c4ccc5c6ccccc6sc5c4c4c5sc6ccccc6c5ccc43)nc2c1. The van der Waals surface area contributed by atoms with Crippen molar-refractivity contribution in [1.82, 2.24) is 14.5 Å². The first-order valence-corrected chi connectivity index (χ1v) is 20.2. The zero-order valence-corrected chi connectivity index (χ0v) is 30.9. The van der Waals surface area contributed by atoms with Crippen molar-refractivity contribution >= 4 is 128 Å². The summed E-state index contributed by atoms with van der Waals surface area (Å²) in [4.78, 5) is 10.9. The lowest BCUT2D eigenvalue weighted by molar-refractivity contribution is 1.01. The van der Waals surface area contributed by atoms with Gasteiger partial charge >= 0.3 is 0 Å². The zero-order chi connectivity index (χ0) is 35.8. The normalized spacial score (nSPS) is 12.4. The molecule has 0 amide bonds. The molecule has 0 radical (unpaired) electrons. The third-order valence-electron chi connectivity index (χ3n) is 11.6. The smallest absolute Gasteiger partial charge is 0.235 e. The van der Waals surface area contributed by atoms with Crippen LogP contribution < -0.4 is 0 Å². The quantitative estimate of drug-likeness (QED) is 0.166. The van der Waals surface area contributed by atoms with Crippen LogP contribution in [0.3, 0.4) is 0 Å². The van der Waals surface area contributed by atoms with E-state index in [1.807, 2.05) is 22.7 Å². The number of aromatic nitrogens is 3. The Morgan fingerprint density at radius 2 is 0.818 bits per heavy atom. The van der Waals surface area contributed by atoms with Gasteiger partial charge in [0, 0.05) is 62.1 Å². The summed E-state index contributed by atoms with van der Waals surface area (Å²) in [6, 6.07) is 59.6.